The molecule has 0 radical (unpaired) electrons. The van der Waals surface area contributed by atoms with E-state index in [1.54, 1.807) is 11.3 Å². The van der Waals surface area contributed by atoms with Crippen molar-refractivity contribution < 1.29 is 9.26 Å². The largest absolute Gasteiger partial charge is 0.473 e. The molecular weight excluding hydrogens is 572 g/mol. The minimum atomic E-state index is -0.375. The molecule has 3 aromatic rings. The first-order valence-corrected chi connectivity index (χ1v) is 17.2. The Morgan fingerprint density at radius 3 is 2.68 bits per heavy atom. The van der Waals surface area contributed by atoms with E-state index in [1.807, 2.05) is 6.07 Å². The second-order valence-corrected chi connectivity index (χ2v) is 15.0. The molecule has 3 fully saturated rings. The Kier molecular flexibility index (Phi) is 6.70. The standard InChI is InChI=1S/C33H42N8O2S/c1-20(23-8-6-14-39(23)2)42-26-17-25(41-16-15-40(3)32(19-41)12-13-32)36-31(37-26)28-21-7-4-10-33(29(21)43-38-28)11-5-9-24-27(33)22(18-34)30(35)44-24/h17,20,23H,4-16,19,35H2,1-3H3/t20-,23-,33-/m0/s1. The van der Waals surface area contributed by atoms with E-state index in [4.69, 9.17) is 30.1 Å². The number of nitrogen functional groups attached to an aromatic ring is 1. The molecule has 0 amide bonds. The SMILES string of the molecule is C[C@H](Oc1cc(N2CCN(C)C3(CC3)C2)nc(-c2noc3c2CCC[C@@]32CCCc3sc(N)c(C#N)c32)n1)[C@@H]1CCCN1C. The fourth-order valence-electron chi connectivity index (χ4n) is 8.70. The molecule has 2 N–H and O–H groups in total. The lowest BCUT2D eigenvalue weighted by atomic mass is 9.63. The molecule has 5 aliphatic rings. The van der Waals surface area contributed by atoms with Crippen LogP contribution in [0.3, 0.4) is 0 Å². The molecule has 8 rings (SSSR count). The maximum atomic E-state index is 10.1. The molecule has 5 heterocycles. The van der Waals surface area contributed by atoms with Crippen molar-refractivity contribution in [1.82, 2.24) is 24.9 Å². The topological polar surface area (TPSA) is 121 Å². The average molecular weight is 615 g/mol. The molecule has 1 saturated carbocycles. The van der Waals surface area contributed by atoms with Gasteiger partial charge in [-0.3, -0.25) is 9.80 Å². The Labute approximate surface area is 263 Å². The summed E-state index contributed by atoms with van der Waals surface area (Å²) in [4.78, 5) is 18.7. The van der Waals surface area contributed by atoms with Gasteiger partial charge < -0.3 is 19.9 Å². The number of piperazine rings is 1. The molecule has 2 spiro atoms. The van der Waals surface area contributed by atoms with Gasteiger partial charge in [0.25, 0.3) is 0 Å². The van der Waals surface area contributed by atoms with E-state index in [-0.39, 0.29) is 17.1 Å². The van der Waals surface area contributed by atoms with Crippen LogP contribution in [0.15, 0.2) is 10.6 Å². The summed E-state index contributed by atoms with van der Waals surface area (Å²) in [7, 11) is 4.43. The fraction of sp³-hybridized carbons (Fsp3) is 0.636. The smallest absolute Gasteiger partial charge is 0.219 e. The number of nitrogens with zero attached hydrogens (tertiary/aromatic N) is 7. The summed E-state index contributed by atoms with van der Waals surface area (Å²) >= 11 is 1.57. The third-order valence-electron chi connectivity index (χ3n) is 11.3. The molecular formula is C33H42N8O2S. The first-order valence-electron chi connectivity index (χ1n) is 16.4. The number of fused-ring (bicyclic) bond motifs is 4. The molecule has 232 valence electrons. The summed E-state index contributed by atoms with van der Waals surface area (Å²) in [6, 6.07) is 4.82. The van der Waals surface area contributed by atoms with E-state index in [2.05, 4.69) is 41.8 Å². The molecule has 0 unspecified atom stereocenters. The van der Waals surface area contributed by atoms with Crippen LogP contribution in [0.5, 0.6) is 5.88 Å². The van der Waals surface area contributed by atoms with Gasteiger partial charge in [0, 0.05) is 47.7 Å². The molecule has 3 aromatic heterocycles. The number of nitrogens with two attached hydrogens (primary N) is 1. The predicted octanol–water partition coefficient (Wildman–Crippen LogP) is 4.75. The third-order valence-corrected chi connectivity index (χ3v) is 12.4. The summed E-state index contributed by atoms with van der Waals surface area (Å²) in [5.74, 6) is 2.94. The zero-order valence-electron chi connectivity index (χ0n) is 26.1. The number of hydrogen-bond acceptors (Lipinski definition) is 11. The minimum Gasteiger partial charge on any atom is -0.473 e. The average Bonchev–Trinajstić information content (AvgIpc) is 3.30. The minimum absolute atomic E-state index is 0.00367. The monoisotopic (exact) mass is 614 g/mol. The molecule has 0 aromatic carbocycles. The van der Waals surface area contributed by atoms with Crippen molar-refractivity contribution in [3.8, 4) is 23.5 Å². The van der Waals surface area contributed by atoms with Crippen molar-refractivity contribution in [2.45, 2.75) is 94.2 Å². The highest BCUT2D eigenvalue weighted by atomic mass is 32.1. The number of likely N-dealkylation sites (tertiary alicyclic amines) is 1. The van der Waals surface area contributed by atoms with Gasteiger partial charge in [0.2, 0.25) is 5.88 Å². The number of aryl methyl sites for hydroxylation is 1. The van der Waals surface area contributed by atoms with Crippen LogP contribution in [0.25, 0.3) is 11.5 Å². The predicted molar refractivity (Wildman–Crippen MR) is 170 cm³/mol. The number of hydrogen-bond donors (Lipinski definition) is 1. The van der Waals surface area contributed by atoms with Crippen LogP contribution in [0.1, 0.15) is 85.6 Å². The van der Waals surface area contributed by atoms with Crippen LogP contribution >= 0.6 is 11.3 Å². The van der Waals surface area contributed by atoms with Crippen LogP contribution < -0.4 is 15.4 Å². The third kappa shape index (κ3) is 4.36. The van der Waals surface area contributed by atoms with Crippen molar-refractivity contribution in [3.63, 3.8) is 0 Å². The molecule has 44 heavy (non-hydrogen) atoms. The summed E-state index contributed by atoms with van der Waals surface area (Å²) in [6.45, 7) is 6.13. The number of rotatable bonds is 5. The summed E-state index contributed by atoms with van der Waals surface area (Å²) in [5, 5.41) is 15.4. The number of likely N-dealkylation sites (N-methyl/N-ethyl adjacent to an activating group) is 2. The first kappa shape index (κ1) is 28.3. The van der Waals surface area contributed by atoms with E-state index in [0.717, 1.165) is 93.8 Å². The molecule has 3 atom stereocenters. The first-order chi connectivity index (χ1) is 21.3. The number of thiophene rings is 1. The lowest BCUT2D eigenvalue weighted by Crippen LogP contribution is -2.53. The molecule has 11 heteroatoms. The summed E-state index contributed by atoms with van der Waals surface area (Å²) in [6.07, 6.45) is 10.5. The van der Waals surface area contributed by atoms with Crippen molar-refractivity contribution in [1.29, 1.82) is 5.26 Å². The van der Waals surface area contributed by atoms with Crippen LogP contribution in [-0.4, -0.2) is 82.9 Å². The number of aromatic nitrogens is 3. The normalized spacial score (nSPS) is 26.9. The number of ether oxygens (including phenoxy) is 1. The summed E-state index contributed by atoms with van der Waals surface area (Å²) < 4.78 is 12.9. The zero-order chi connectivity index (χ0) is 30.2. The Bertz CT molecular complexity index is 1630. The van der Waals surface area contributed by atoms with Crippen LogP contribution in [0.4, 0.5) is 10.8 Å². The highest BCUT2D eigenvalue weighted by molar-refractivity contribution is 7.16. The van der Waals surface area contributed by atoms with Crippen LogP contribution in [0.2, 0.25) is 0 Å². The number of anilines is 2. The van der Waals surface area contributed by atoms with Gasteiger partial charge in [0.05, 0.1) is 11.0 Å². The lowest BCUT2D eigenvalue weighted by molar-refractivity contribution is 0.117. The highest BCUT2D eigenvalue weighted by Crippen LogP contribution is 2.55. The number of nitriles is 1. The Morgan fingerprint density at radius 2 is 1.93 bits per heavy atom. The van der Waals surface area contributed by atoms with Gasteiger partial charge in [-0.15, -0.1) is 11.3 Å². The maximum Gasteiger partial charge on any atom is 0.219 e. The van der Waals surface area contributed by atoms with Gasteiger partial charge in [-0.1, -0.05) is 5.16 Å². The highest BCUT2D eigenvalue weighted by Gasteiger charge is 2.51. The van der Waals surface area contributed by atoms with E-state index in [0.29, 0.717) is 34.0 Å². The zero-order valence-corrected chi connectivity index (χ0v) is 26.9. The molecule has 0 bridgehead atoms. The molecule has 10 nitrogen and oxygen atoms in total. The van der Waals surface area contributed by atoms with Gasteiger partial charge in [-0.05, 0) is 97.3 Å². The van der Waals surface area contributed by atoms with Crippen molar-refractivity contribution >= 4 is 22.2 Å². The van der Waals surface area contributed by atoms with Gasteiger partial charge >= 0.3 is 0 Å². The Morgan fingerprint density at radius 1 is 1.11 bits per heavy atom. The van der Waals surface area contributed by atoms with Crippen molar-refractivity contribution in [2.75, 3.05) is 50.9 Å². The van der Waals surface area contributed by atoms with E-state index in [9.17, 15) is 5.26 Å². The quantitative estimate of drug-likeness (QED) is 0.431. The molecule has 3 aliphatic carbocycles. The molecule has 2 aliphatic heterocycles. The Hall–Kier alpha value is -3.20. The van der Waals surface area contributed by atoms with Crippen molar-refractivity contribution in [3.05, 3.63) is 33.4 Å². The van der Waals surface area contributed by atoms with Crippen LogP contribution in [-0.2, 0) is 18.3 Å². The fourth-order valence-corrected chi connectivity index (χ4v) is 9.86. The van der Waals surface area contributed by atoms with E-state index >= 15 is 0 Å². The second-order valence-electron chi connectivity index (χ2n) is 13.8. The second kappa shape index (κ2) is 10.4. The van der Waals surface area contributed by atoms with Crippen molar-refractivity contribution in [2.24, 2.45) is 0 Å². The summed E-state index contributed by atoms with van der Waals surface area (Å²) in [5.41, 5.74) is 9.74. The van der Waals surface area contributed by atoms with Gasteiger partial charge in [0.15, 0.2) is 17.3 Å². The van der Waals surface area contributed by atoms with Gasteiger partial charge in [0.1, 0.15) is 23.0 Å². The molecule has 2 saturated heterocycles. The van der Waals surface area contributed by atoms with Gasteiger partial charge in [-0.25, -0.2) is 4.98 Å². The van der Waals surface area contributed by atoms with Crippen LogP contribution in [0, 0.1) is 11.3 Å². The van der Waals surface area contributed by atoms with E-state index < -0.39 is 0 Å². The van der Waals surface area contributed by atoms with Gasteiger partial charge in [-0.2, -0.15) is 10.2 Å². The van der Waals surface area contributed by atoms with E-state index in [1.165, 1.54) is 24.1 Å². The Balaban J connectivity index is 1.21. The maximum absolute atomic E-state index is 10.1. The lowest BCUT2D eigenvalue weighted by Gasteiger charge is -2.40.